The molecule has 3 rings (SSSR count). The molecule has 5 heteroatoms. The second kappa shape index (κ2) is 7.07. The summed E-state index contributed by atoms with van der Waals surface area (Å²) in [5.41, 5.74) is 2.83. The second-order valence-corrected chi connectivity index (χ2v) is 5.82. The summed E-state index contributed by atoms with van der Waals surface area (Å²) in [5.74, 6) is 0.272. The molecule has 2 aromatic carbocycles. The Morgan fingerprint density at radius 3 is 2.57 bits per heavy atom. The van der Waals surface area contributed by atoms with Crippen molar-refractivity contribution in [2.24, 2.45) is 0 Å². The monoisotopic (exact) mass is 367 g/mol. The number of anilines is 1. The van der Waals surface area contributed by atoms with Crippen molar-refractivity contribution in [3.63, 3.8) is 0 Å². The zero-order valence-electron chi connectivity index (χ0n) is 12.2. The van der Waals surface area contributed by atoms with Crippen molar-refractivity contribution in [3.05, 3.63) is 76.8 Å². The number of carbonyl (C=O) groups excluding carboxylic acids is 1. The van der Waals surface area contributed by atoms with Gasteiger partial charge in [-0.15, -0.1) is 0 Å². The Hall–Kier alpha value is -2.66. The summed E-state index contributed by atoms with van der Waals surface area (Å²) < 4.78 is 1.00. The summed E-state index contributed by atoms with van der Waals surface area (Å²) in [7, 11) is 0. The molecule has 0 unspecified atom stereocenters. The molecule has 1 heterocycles. The fourth-order valence-corrected chi connectivity index (χ4v) is 2.33. The molecule has 0 radical (unpaired) electrons. The molecule has 0 spiro atoms. The van der Waals surface area contributed by atoms with Gasteiger partial charge in [0.25, 0.3) is 0 Å². The summed E-state index contributed by atoms with van der Waals surface area (Å²) in [6.45, 7) is 0. The van der Waals surface area contributed by atoms with Gasteiger partial charge in [0.15, 0.2) is 5.82 Å². The van der Waals surface area contributed by atoms with Crippen molar-refractivity contribution in [1.29, 1.82) is 0 Å². The minimum atomic E-state index is -0.223. The van der Waals surface area contributed by atoms with E-state index in [1.807, 2.05) is 54.6 Å². The van der Waals surface area contributed by atoms with Crippen molar-refractivity contribution in [2.75, 3.05) is 5.32 Å². The van der Waals surface area contributed by atoms with Gasteiger partial charge in [-0.3, -0.25) is 9.89 Å². The molecular weight excluding hydrogens is 354 g/mol. The van der Waals surface area contributed by atoms with E-state index in [4.69, 9.17) is 0 Å². The number of aromatic amines is 1. The number of aromatic nitrogens is 2. The maximum atomic E-state index is 11.9. The van der Waals surface area contributed by atoms with Crippen molar-refractivity contribution < 1.29 is 4.79 Å². The van der Waals surface area contributed by atoms with Gasteiger partial charge in [0.1, 0.15) is 0 Å². The van der Waals surface area contributed by atoms with Crippen LogP contribution in [-0.4, -0.2) is 16.1 Å². The largest absolute Gasteiger partial charge is 0.306 e. The molecule has 1 aromatic heterocycles. The van der Waals surface area contributed by atoms with Crippen LogP contribution in [-0.2, 0) is 4.79 Å². The Bertz CT molecular complexity index is 823. The van der Waals surface area contributed by atoms with E-state index >= 15 is 0 Å². The van der Waals surface area contributed by atoms with E-state index in [9.17, 15) is 4.79 Å². The van der Waals surface area contributed by atoms with Crippen LogP contribution in [0.4, 0.5) is 5.82 Å². The highest BCUT2D eigenvalue weighted by Gasteiger charge is 2.05. The van der Waals surface area contributed by atoms with Crippen LogP contribution in [0.1, 0.15) is 5.56 Å². The first-order chi connectivity index (χ1) is 11.2. The third-order valence-electron chi connectivity index (χ3n) is 3.21. The van der Waals surface area contributed by atoms with Gasteiger partial charge in [-0.2, -0.15) is 5.10 Å². The van der Waals surface area contributed by atoms with E-state index in [1.54, 1.807) is 12.1 Å². The van der Waals surface area contributed by atoms with Gasteiger partial charge >= 0.3 is 0 Å². The van der Waals surface area contributed by atoms with Crippen molar-refractivity contribution in [1.82, 2.24) is 10.2 Å². The minimum Gasteiger partial charge on any atom is -0.306 e. The molecule has 0 bridgehead atoms. The molecule has 0 fully saturated rings. The summed E-state index contributed by atoms with van der Waals surface area (Å²) in [6.07, 6.45) is 3.24. The van der Waals surface area contributed by atoms with Gasteiger partial charge in [0.2, 0.25) is 5.91 Å². The van der Waals surface area contributed by atoms with Gasteiger partial charge in [0.05, 0.1) is 5.69 Å². The number of benzene rings is 2. The highest BCUT2D eigenvalue weighted by atomic mass is 79.9. The molecule has 0 aliphatic heterocycles. The molecule has 1 amide bonds. The number of nitrogens with zero attached hydrogens (tertiary/aromatic N) is 1. The molecule has 3 aromatic rings. The highest BCUT2D eigenvalue weighted by molar-refractivity contribution is 9.10. The van der Waals surface area contributed by atoms with E-state index in [2.05, 4.69) is 31.4 Å². The highest BCUT2D eigenvalue weighted by Crippen LogP contribution is 2.19. The van der Waals surface area contributed by atoms with Gasteiger partial charge < -0.3 is 5.32 Å². The normalized spacial score (nSPS) is 10.8. The molecule has 2 N–H and O–H groups in total. The Morgan fingerprint density at radius 1 is 1.09 bits per heavy atom. The third-order valence-corrected chi connectivity index (χ3v) is 3.74. The summed E-state index contributed by atoms with van der Waals surface area (Å²) >= 11 is 3.38. The van der Waals surface area contributed by atoms with E-state index < -0.39 is 0 Å². The second-order valence-electron chi connectivity index (χ2n) is 4.91. The minimum absolute atomic E-state index is 0.223. The average Bonchev–Trinajstić information content (AvgIpc) is 3.04. The number of hydrogen-bond acceptors (Lipinski definition) is 2. The maximum Gasteiger partial charge on any atom is 0.249 e. The maximum absolute atomic E-state index is 11.9. The smallest absolute Gasteiger partial charge is 0.249 e. The molecule has 0 saturated heterocycles. The summed E-state index contributed by atoms with van der Waals surface area (Å²) in [4.78, 5) is 11.9. The van der Waals surface area contributed by atoms with Crippen molar-refractivity contribution in [3.8, 4) is 11.3 Å². The van der Waals surface area contributed by atoms with Crippen LogP contribution >= 0.6 is 15.9 Å². The standard InChI is InChI=1S/C18H14BrN3O/c19-15-9-6-13(7-10-15)8-11-18(23)20-17-12-16(21-22-17)14-4-2-1-3-5-14/h1-12H,(H2,20,21,22,23)/b11-8+. The number of carbonyl (C=O) groups is 1. The fraction of sp³-hybridized carbons (Fsp3) is 0. The lowest BCUT2D eigenvalue weighted by molar-refractivity contribution is -0.111. The van der Waals surface area contributed by atoms with Crippen LogP contribution in [0.25, 0.3) is 17.3 Å². The summed E-state index contributed by atoms with van der Waals surface area (Å²) in [6, 6.07) is 19.3. The Balaban J connectivity index is 1.64. The van der Waals surface area contributed by atoms with Crippen LogP contribution in [0, 0.1) is 0 Å². The first-order valence-electron chi connectivity index (χ1n) is 7.06. The van der Waals surface area contributed by atoms with Crippen LogP contribution in [0.15, 0.2) is 71.2 Å². The molecule has 114 valence electrons. The zero-order chi connectivity index (χ0) is 16.1. The third kappa shape index (κ3) is 4.17. The first-order valence-corrected chi connectivity index (χ1v) is 7.85. The number of nitrogens with one attached hydrogen (secondary N) is 2. The number of hydrogen-bond donors (Lipinski definition) is 2. The predicted molar refractivity (Wildman–Crippen MR) is 95.8 cm³/mol. The van der Waals surface area contributed by atoms with Crippen molar-refractivity contribution in [2.45, 2.75) is 0 Å². The van der Waals surface area contributed by atoms with E-state index in [1.165, 1.54) is 6.08 Å². The molecule has 0 atom stereocenters. The summed E-state index contributed by atoms with van der Waals surface area (Å²) in [5, 5.41) is 9.75. The molecule has 0 aliphatic carbocycles. The Morgan fingerprint density at radius 2 is 1.83 bits per heavy atom. The Labute approximate surface area is 142 Å². The number of rotatable bonds is 4. The van der Waals surface area contributed by atoms with Gasteiger partial charge in [-0.25, -0.2) is 0 Å². The SMILES string of the molecule is O=C(/C=C/c1ccc(Br)cc1)Nc1cc(-c2ccccc2)[nH]n1. The van der Waals surface area contributed by atoms with Gasteiger partial charge in [0, 0.05) is 16.6 Å². The number of H-pyrrole nitrogens is 1. The number of amides is 1. The van der Waals surface area contributed by atoms with Crippen LogP contribution in [0.2, 0.25) is 0 Å². The molecular formula is C18H14BrN3O. The zero-order valence-corrected chi connectivity index (χ0v) is 13.7. The van der Waals surface area contributed by atoms with E-state index in [-0.39, 0.29) is 5.91 Å². The average molecular weight is 368 g/mol. The predicted octanol–water partition coefficient (Wildman–Crippen LogP) is 4.49. The molecule has 0 saturated carbocycles. The fourth-order valence-electron chi connectivity index (χ4n) is 2.07. The molecule has 4 nitrogen and oxygen atoms in total. The van der Waals surface area contributed by atoms with E-state index in [0.29, 0.717) is 5.82 Å². The van der Waals surface area contributed by atoms with Gasteiger partial charge in [-0.05, 0) is 29.3 Å². The molecule has 0 aliphatic rings. The number of halogens is 1. The lowest BCUT2D eigenvalue weighted by atomic mass is 10.1. The van der Waals surface area contributed by atoms with Crippen LogP contribution in [0.3, 0.4) is 0 Å². The van der Waals surface area contributed by atoms with Gasteiger partial charge in [-0.1, -0.05) is 58.4 Å². The Kier molecular flexibility index (Phi) is 4.68. The quantitative estimate of drug-likeness (QED) is 0.667. The first kappa shape index (κ1) is 15.2. The lowest BCUT2D eigenvalue weighted by Crippen LogP contribution is -2.07. The van der Waals surface area contributed by atoms with Crippen LogP contribution < -0.4 is 5.32 Å². The topological polar surface area (TPSA) is 57.8 Å². The van der Waals surface area contributed by atoms with Crippen LogP contribution in [0.5, 0.6) is 0 Å². The van der Waals surface area contributed by atoms with E-state index in [0.717, 1.165) is 21.3 Å². The molecule has 23 heavy (non-hydrogen) atoms. The van der Waals surface area contributed by atoms with Crippen molar-refractivity contribution >= 4 is 33.7 Å². The lowest BCUT2D eigenvalue weighted by Gasteiger charge is -1.97.